The minimum absolute atomic E-state index is 0.116. The third-order valence-corrected chi connectivity index (χ3v) is 2.01. The van der Waals surface area contributed by atoms with Crippen molar-refractivity contribution in [2.45, 2.75) is 26.2 Å². The number of amides is 1. The van der Waals surface area contributed by atoms with Gasteiger partial charge in [-0.1, -0.05) is 25.5 Å². The zero-order valence-electron chi connectivity index (χ0n) is 9.24. The smallest absolute Gasteiger partial charge is 0.240 e. The predicted octanol–water partition coefficient (Wildman–Crippen LogP) is 2.47. The summed E-state index contributed by atoms with van der Waals surface area (Å²) in [7, 11) is 0. The Balaban J connectivity index is 2.40. The van der Waals surface area contributed by atoms with Crippen LogP contribution < -0.4 is 5.43 Å². The van der Waals surface area contributed by atoms with Gasteiger partial charge in [0, 0.05) is 6.42 Å². The van der Waals surface area contributed by atoms with Crippen LogP contribution >= 0.6 is 0 Å². The summed E-state index contributed by atoms with van der Waals surface area (Å²) >= 11 is 0. The normalized spacial score (nSPS) is 10.6. The predicted molar refractivity (Wildman–Crippen MR) is 61.7 cm³/mol. The summed E-state index contributed by atoms with van der Waals surface area (Å²) in [6, 6.07) is 6.01. The van der Waals surface area contributed by atoms with Crippen molar-refractivity contribution in [3.05, 3.63) is 35.6 Å². The Morgan fingerprint density at radius 2 is 2.38 bits per heavy atom. The number of unbranched alkanes of at least 4 members (excludes halogenated alkanes) is 1. The lowest BCUT2D eigenvalue weighted by Crippen LogP contribution is -2.16. The van der Waals surface area contributed by atoms with E-state index in [-0.39, 0.29) is 11.7 Å². The maximum Gasteiger partial charge on any atom is 0.240 e. The van der Waals surface area contributed by atoms with Gasteiger partial charge in [0.2, 0.25) is 5.91 Å². The SMILES string of the molecule is CCCCC(=O)N/N=C/c1cccc(F)c1. The van der Waals surface area contributed by atoms with E-state index in [0.717, 1.165) is 12.8 Å². The highest BCUT2D eigenvalue weighted by molar-refractivity contribution is 5.82. The van der Waals surface area contributed by atoms with Gasteiger partial charge < -0.3 is 0 Å². The summed E-state index contributed by atoms with van der Waals surface area (Å²) in [4.78, 5) is 11.2. The monoisotopic (exact) mass is 222 g/mol. The van der Waals surface area contributed by atoms with E-state index >= 15 is 0 Å². The molecular formula is C12H15FN2O. The van der Waals surface area contributed by atoms with E-state index in [1.807, 2.05) is 6.92 Å². The van der Waals surface area contributed by atoms with Crippen LogP contribution in [0, 0.1) is 5.82 Å². The lowest BCUT2D eigenvalue weighted by molar-refractivity contribution is -0.121. The lowest BCUT2D eigenvalue weighted by Gasteiger charge is -1.97. The Morgan fingerprint density at radius 1 is 1.56 bits per heavy atom. The first kappa shape index (κ1) is 12.4. The van der Waals surface area contributed by atoms with E-state index in [1.54, 1.807) is 12.1 Å². The molecule has 4 heteroatoms. The van der Waals surface area contributed by atoms with Gasteiger partial charge in [0.25, 0.3) is 0 Å². The van der Waals surface area contributed by atoms with Crippen LogP contribution in [-0.2, 0) is 4.79 Å². The van der Waals surface area contributed by atoms with E-state index in [0.29, 0.717) is 12.0 Å². The third kappa shape index (κ3) is 4.68. The molecule has 0 aromatic heterocycles. The number of hydrogen-bond acceptors (Lipinski definition) is 2. The molecule has 0 aliphatic rings. The lowest BCUT2D eigenvalue weighted by atomic mass is 10.2. The van der Waals surface area contributed by atoms with Crippen molar-refractivity contribution in [1.29, 1.82) is 0 Å². The van der Waals surface area contributed by atoms with Crippen LogP contribution in [0.15, 0.2) is 29.4 Å². The van der Waals surface area contributed by atoms with Crippen LogP contribution in [0.2, 0.25) is 0 Å². The van der Waals surface area contributed by atoms with Gasteiger partial charge in [-0.05, 0) is 24.1 Å². The summed E-state index contributed by atoms with van der Waals surface area (Å²) in [5.74, 6) is -0.434. The van der Waals surface area contributed by atoms with Crippen molar-refractivity contribution in [2.24, 2.45) is 5.10 Å². The molecule has 0 bridgehead atoms. The van der Waals surface area contributed by atoms with Gasteiger partial charge in [-0.3, -0.25) is 4.79 Å². The van der Waals surface area contributed by atoms with Crippen molar-refractivity contribution < 1.29 is 9.18 Å². The summed E-state index contributed by atoms with van der Waals surface area (Å²) in [6.07, 6.45) is 3.71. The Kier molecular flexibility index (Phi) is 5.19. The largest absolute Gasteiger partial charge is 0.273 e. The summed E-state index contributed by atoms with van der Waals surface area (Å²) < 4.78 is 12.8. The second-order valence-corrected chi connectivity index (χ2v) is 3.45. The Morgan fingerprint density at radius 3 is 3.06 bits per heavy atom. The van der Waals surface area contributed by atoms with Crippen LogP contribution in [0.5, 0.6) is 0 Å². The Labute approximate surface area is 94.4 Å². The maximum atomic E-state index is 12.8. The minimum Gasteiger partial charge on any atom is -0.273 e. The fourth-order valence-electron chi connectivity index (χ4n) is 1.16. The van der Waals surface area contributed by atoms with Crippen molar-refractivity contribution in [3.8, 4) is 0 Å². The molecule has 1 N–H and O–H groups in total. The number of halogens is 1. The number of carbonyl (C=O) groups excluding carboxylic acids is 1. The van der Waals surface area contributed by atoms with E-state index in [9.17, 15) is 9.18 Å². The molecule has 0 unspecified atom stereocenters. The number of rotatable bonds is 5. The molecule has 0 saturated heterocycles. The zero-order chi connectivity index (χ0) is 11.8. The number of carbonyl (C=O) groups is 1. The molecule has 1 rings (SSSR count). The van der Waals surface area contributed by atoms with Gasteiger partial charge in [0.05, 0.1) is 6.21 Å². The van der Waals surface area contributed by atoms with Gasteiger partial charge in [-0.2, -0.15) is 5.10 Å². The topological polar surface area (TPSA) is 41.5 Å². The first-order valence-electron chi connectivity index (χ1n) is 5.30. The van der Waals surface area contributed by atoms with Crippen LogP contribution in [0.25, 0.3) is 0 Å². The summed E-state index contributed by atoms with van der Waals surface area (Å²) in [6.45, 7) is 2.02. The molecule has 0 heterocycles. The minimum atomic E-state index is -0.318. The zero-order valence-corrected chi connectivity index (χ0v) is 9.24. The fourth-order valence-corrected chi connectivity index (χ4v) is 1.16. The first-order chi connectivity index (χ1) is 7.72. The number of hydrazone groups is 1. The molecule has 86 valence electrons. The molecule has 16 heavy (non-hydrogen) atoms. The fraction of sp³-hybridized carbons (Fsp3) is 0.333. The van der Waals surface area contributed by atoms with Gasteiger partial charge >= 0.3 is 0 Å². The van der Waals surface area contributed by atoms with Crippen molar-refractivity contribution in [1.82, 2.24) is 5.43 Å². The average molecular weight is 222 g/mol. The molecule has 1 amide bonds. The highest BCUT2D eigenvalue weighted by Gasteiger charge is 1.97. The van der Waals surface area contributed by atoms with Gasteiger partial charge in [0.15, 0.2) is 0 Å². The van der Waals surface area contributed by atoms with Gasteiger partial charge in [-0.15, -0.1) is 0 Å². The summed E-state index contributed by atoms with van der Waals surface area (Å²) in [5.41, 5.74) is 3.01. The molecular weight excluding hydrogens is 207 g/mol. The standard InChI is InChI=1S/C12H15FN2O/c1-2-3-7-12(16)15-14-9-10-5-4-6-11(13)8-10/h4-6,8-9H,2-3,7H2,1H3,(H,15,16)/b14-9+. The van der Waals surface area contributed by atoms with E-state index in [4.69, 9.17) is 0 Å². The number of hydrogen-bond donors (Lipinski definition) is 1. The van der Waals surface area contributed by atoms with Gasteiger partial charge in [0.1, 0.15) is 5.82 Å². The number of benzene rings is 1. The molecule has 3 nitrogen and oxygen atoms in total. The van der Waals surface area contributed by atoms with Crippen molar-refractivity contribution in [3.63, 3.8) is 0 Å². The molecule has 0 atom stereocenters. The Hall–Kier alpha value is -1.71. The first-order valence-corrected chi connectivity index (χ1v) is 5.30. The second kappa shape index (κ2) is 6.71. The van der Waals surface area contributed by atoms with E-state index in [1.165, 1.54) is 18.3 Å². The van der Waals surface area contributed by atoms with E-state index in [2.05, 4.69) is 10.5 Å². The van der Waals surface area contributed by atoms with Crippen molar-refractivity contribution >= 4 is 12.1 Å². The second-order valence-electron chi connectivity index (χ2n) is 3.45. The Bertz CT molecular complexity index is 377. The van der Waals surface area contributed by atoms with Crippen LogP contribution in [0.4, 0.5) is 4.39 Å². The molecule has 1 aromatic rings. The molecule has 0 fully saturated rings. The van der Waals surface area contributed by atoms with Gasteiger partial charge in [-0.25, -0.2) is 9.82 Å². The molecule has 0 radical (unpaired) electrons. The summed E-state index contributed by atoms with van der Waals surface area (Å²) in [5, 5.41) is 3.74. The third-order valence-electron chi connectivity index (χ3n) is 2.01. The maximum absolute atomic E-state index is 12.8. The van der Waals surface area contributed by atoms with Crippen molar-refractivity contribution in [2.75, 3.05) is 0 Å². The highest BCUT2D eigenvalue weighted by atomic mass is 19.1. The highest BCUT2D eigenvalue weighted by Crippen LogP contribution is 2.00. The number of nitrogens with zero attached hydrogens (tertiary/aromatic N) is 1. The molecule has 0 aliphatic heterocycles. The number of nitrogens with one attached hydrogen (secondary N) is 1. The average Bonchev–Trinajstić information content (AvgIpc) is 2.26. The molecule has 0 spiro atoms. The van der Waals surface area contributed by atoms with Crippen LogP contribution in [-0.4, -0.2) is 12.1 Å². The van der Waals surface area contributed by atoms with E-state index < -0.39 is 0 Å². The van der Waals surface area contributed by atoms with Crippen LogP contribution in [0.1, 0.15) is 31.7 Å². The quantitative estimate of drug-likeness (QED) is 0.603. The molecule has 0 saturated carbocycles. The molecule has 0 aliphatic carbocycles. The van der Waals surface area contributed by atoms with Crippen LogP contribution in [0.3, 0.4) is 0 Å². The molecule has 1 aromatic carbocycles.